The molecule has 0 aliphatic carbocycles. The van der Waals surface area contributed by atoms with Crippen LogP contribution in [0.3, 0.4) is 0 Å². The van der Waals surface area contributed by atoms with Crippen LogP contribution in [0.1, 0.15) is 30.4 Å². The first-order valence-corrected chi connectivity index (χ1v) is 10.6. The third-order valence-corrected chi connectivity index (χ3v) is 5.98. The van der Waals surface area contributed by atoms with Gasteiger partial charge in [-0.25, -0.2) is 15.0 Å². The Morgan fingerprint density at radius 3 is 2.45 bits per heavy atom. The summed E-state index contributed by atoms with van der Waals surface area (Å²) < 4.78 is 46.4. The molecule has 0 radical (unpaired) electrons. The Labute approximate surface area is 172 Å². The topological polar surface area (TPSA) is 77.2 Å². The van der Waals surface area contributed by atoms with Crippen molar-refractivity contribution in [2.24, 2.45) is 5.92 Å². The molecule has 3 rings (SSSR count). The van der Waals surface area contributed by atoms with Crippen molar-refractivity contribution in [1.82, 2.24) is 15.0 Å². The number of alkyl halides is 3. The summed E-state index contributed by atoms with van der Waals surface area (Å²) in [5.41, 5.74) is 5.45. The summed E-state index contributed by atoms with van der Waals surface area (Å²) in [6.45, 7) is 6.33. The molecule has 1 unspecified atom stereocenters. The van der Waals surface area contributed by atoms with Crippen LogP contribution in [0, 0.1) is 5.92 Å². The lowest BCUT2D eigenvalue weighted by atomic mass is 10.0. The van der Waals surface area contributed by atoms with Gasteiger partial charge in [-0.3, -0.25) is 0 Å². The molecule has 0 bridgehead atoms. The Kier molecular flexibility index (Phi) is 6.52. The summed E-state index contributed by atoms with van der Waals surface area (Å²) in [6.07, 6.45) is -1.48. The van der Waals surface area contributed by atoms with Gasteiger partial charge in [-0.1, -0.05) is 13.8 Å². The number of aromatic nitrogens is 3. The highest BCUT2D eigenvalue weighted by atomic mass is 32.2. The Balaban J connectivity index is 2.18. The van der Waals surface area contributed by atoms with Gasteiger partial charge in [0.1, 0.15) is 5.82 Å². The van der Waals surface area contributed by atoms with Crippen LogP contribution in [-0.2, 0) is 10.9 Å². The quantitative estimate of drug-likeness (QED) is 0.772. The van der Waals surface area contributed by atoms with E-state index in [0.29, 0.717) is 37.9 Å². The lowest BCUT2D eigenvalue weighted by Gasteiger charge is -2.28. The summed E-state index contributed by atoms with van der Waals surface area (Å²) >= 11 is 1.61. The van der Waals surface area contributed by atoms with Crippen LogP contribution in [-0.4, -0.2) is 47.5 Å². The third-order valence-electron chi connectivity index (χ3n) is 4.69. The summed E-state index contributed by atoms with van der Waals surface area (Å²) in [6, 6.07) is 2.48. The maximum atomic E-state index is 13.7. The predicted octanol–water partition coefficient (Wildman–Crippen LogP) is 4.04. The molecule has 0 saturated carbocycles. The molecular formula is C19H24F3N5OS. The van der Waals surface area contributed by atoms with Gasteiger partial charge in [0.05, 0.1) is 30.2 Å². The minimum absolute atomic E-state index is 0.0209. The fourth-order valence-electron chi connectivity index (χ4n) is 3.29. The van der Waals surface area contributed by atoms with Gasteiger partial charge in [0.25, 0.3) is 0 Å². The average Bonchev–Trinajstić information content (AvgIpc) is 2.68. The number of hydrogen-bond acceptors (Lipinski definition) is 7. The van der Waals surface area contributed by atoms with Crippen molar-refractivity contribution in [2.75, 3.05) is 43.2 Å². The standard InChI is InChI=1S/C19H24F3N5OS/c1-11(2)17(29-3)15-9-14(25-18(26-15)27-4-6-28-7-5-27)12-10-24-16(23)8-13(12)19(20,21)22/h8-11,17H,4-7H2,1-3H3,(H2,23,24). The Morgan fingerprint density at radius 2 is 1.86 bits per heavy atom. The van der Waals surface area contributed by atoms with E-state index in [9.17, 15) is 13.2 Å². The monoisotopic (exact) mass is 427 g/mol. The van der Waals surface area contributed by atoms with E-state index in [4.69, 9.17) is 15.5 Å². The highest BCUT2D eigenvalue weighted by Gasteiger charge is 2.35. The van der Waals surface area contributed by atoms with Crippen molar-refractivity contribution in [2.45, 2.75) is 25.3 Å². The first-order chi connectivity index (χ1) is 13.7. The number of pyridine rings is 1. The van der Waals surface area contributed by atoms with Gasteiger partial charge in [0, 0.05) is 30.1 Å². The second-order valence-corrected chi connectivity index (χ2v) is 8.11. The molecule has 10 heteroatoms. The van der Waals surface area contributed by atoms with Gasteiger partial charge in [-0.05, 0) is 24.3 Å². The molecule has 1 saturated heterocycles. The van der Waals surface area contributed by atoms with E-state index in [1.54, 1.807) is 17.8 Å². The van der Waals surface area contributed by atoms with E-state index in [-0.39, 0.29) is 28.2 Å². The van der Waals surface area contributed by atoms with Gasteiger partial charge in [-0.15, -0.1) is 0 Å². The molecule has 0 spiro atoms. The van der Waals surface area contributed by atoms with Crippen LogP contribution in [0.25, 0.3) is 11.3 Å². The van der Waals surface area contributed by atoms with E-state index in [0.717, 1.165) is 12.3 Å². The van der Waals surface area contributed by atoms with Crippen molar-refractivity contribution in [3.8, 4) is 11.3 Å². The number of anilines is 2. The second-order valence-electron chi connectivity index (χ2n) is 7.13. The number of nitrogens with two attached hydrogens (primary N) is 1. The van der Waals surface area contributed by atoms with E-state index in [1.165, 1.54) is 0 Å². The Morgan fingerprint density at radius 1 is 1.17 bits per heavy atom. The zero-order valence-electron chi connectivity index (χ0n) is 16.5. The molecule has 1 fully saturated rings. The van der Waals surface area contributed by atoms with Crippen molar-refractivity contribution < 1.29 is 17.9 Å². The lowest BCUT2D eigenvalue weighted by molar-refractivity contribution is -0.137. The maximum absolute atomic E-state index is 13.7. The highest BCUT2D eigenvalue weighted by molar-refractivity contribution is 7.98. The van der Waals surface area contributed by atoms with Crippen molar-refractivity contribution in [3.63, 3.8) is 0 Å². The fourth-order valence-corrected chi connectivity index (χ4v) is 4.19. The number of hydrogen-bond donors (Lipinski definition) is 1. The zero-order chi connectivity index (χ0) is 21.2. The average molecular weight is 427 g/mol. The van der Waals surface area contributed by atoms with Gasteiger partial charge in [0.15, 0.2) is 0 Å². The van der Waals surface area contributed by atoms with Crippen LogP contribution in [0.15, 0.2) is 18.3 Å². The summed E-state index contributed by atoms with van der Waals surface area (Å²) in [5, 5.41) is 0.0209. The normalized spacial score (nSPS) is 16.3. The molecule has 6 nitrogen and oxygen atoms in total. The molecule has 2 aromatic heterocycles. The largest absolute Gasteiger partial charge is 0.417 e. The molecule has 2 N–H and O–H groups in total. The van der Waals surface area contributed by atoms with Crippen molar-refractivity contribution in [3.05, 3.63) is 29.6 Å². The summed E-state index contributed by atoms with van der Waals surface area (Å²) in [7, 11) is 0. The van der Waals surface area contributed by atoms with Gasteiger partial charge >= 0.3 is 6.18 Å². The molecule has 2 aromatic rings. The second kappa shape index (κ2) is 8.74. The summed E-state index contributed by atoms with van der Waals surface area (Å²) in [5.74, 6) is 0.468. The van der Waals surface area contributed by atoms with E-state index >= 15 is 0 Å². The Hall–Kier alpha value is -2.07. The minimum Gasteiger partial charge on any atom is -0.384 e. The molecule has 0 aromatic carbocycles. The van der Waals surface area contributed by atoms with Crippen LogP contribution >= 0.6 is 11.8 Å². The molecule has 1 aliphatic rings. The number of morpholine rings is 1. The first kappa shape index (κ1) is 21.6. The van der Waals surface area contributed by atoms with E-state index in [2.05, 4.69) is 23.8 Å². The summed E-state index contributed by atoms with van der Waals surface area (Å²) in [4.78, 5) is 15.0. The third kappa shape index (κ3) is 4.92. The van der Waals surface area contributed by atoms with E-state index < -0.39 is 11.7 Å². The van der Waals surface area contributed by atoms with Crippen LogP contribution in [0.2, 0.25) is 0 Å². The number of ether oxygens (including phenoxy) is 1. The van der Waals surface area contributed by atoms with Crippen LogP contribution in [0.4, 0.5) is 24.9 Å². The van der Waals surface area contributed by atoms with Crippen LogP contribution < -0.4 is 10.6 Å². The molecule has 3 heterocycles. The van der Waals surface area contributed by atoms with Gasteiger partial charge < -0.3 is 15.4 Å². The SMILES string of the molecule is CSC(c1cc(-c2cnc(N)cc2C(F)(F)F)nc(N2CCOCC2)n1)C(C)C. The predicted molar refractivity (Wildman–Crippen MR) is 109 cm³/mol. The van der Waals surface area contributed by atoms with Crippen LogP contribution in [0.5, 0.6) is 0 Å². The first-order valence-electron chi connectivity index (χ1n) is 9.28. The number of nitrogen functional groups attached to an aromatic ring is 1. The smallest absolute Gasteiger partial charge is 0.384 e. The molecule has 1 atom stereocenters. The number of rotatable bonds is 5. The maximum Gasteiger partial charge on any atom is 0.417 e. The minimum atomic E-state index is -4.58. The lowest BCUT2D eigenvalue weighted by Crippen LogP contribution is -2.37. The molecular weight excluding hydrogens is 403 g/mol. The number of halogens is 3. The number of thioether (sulfide) groups is 1. The molecule has 1 aliphatic heterocycles. The van der Waals surface area contributed by atoms with Crippen molar-refractivity contribution >= 4 is 23.5 Å². The van der Waals surface area contributed by atoms with Crippen molar-refractivity contribution in [1.29, 1.82) is 0 Å². The highest BCUT2D eigenvalue weighted by Crippen LogP contribution is 2.39. The molecule has 0 amide bonds. The number of nitrogens with zero attached hydrogens (tertiary/aromatic N) is 4. The van der Waals surface area contributed by atoms with Gasteiger partial charge in [-0.2, -0.15) is 24.9 Å². The zero-order valence-corrected chi connectivity index (χ0v) is 17.3. The molecule has 29 heavy (non-hydrogen) atoms. The molecule has 158 valence electrons. The van der Waals surface area contributed by atoms with Gasteiger partial charge in [0.2, 0.25) is 5.95 Å². The fraction of sp³-hybridized carbons (Fsp3) is 0.526. The van der Waals surface area contributed by atoms with E-state index in [1.807, 2.05) is 11.2 Å². The Bertz CT molecular complexity index is 856.